The van der Waals surface area contributed by atoms with Gasteiger partial charge in [0.15, 0.2) is 5.16 Å². The maximum Gasteiger partial charge on any atom is 0.266 e. The van der Waals surface area contributed by atoms with Crippen molar-refractivity contribution in [2.24, 2.45) is 5.92 Å². The van der Waals surface area contributed by atoms with E-state index in [0.717, 1.165) is 5.56 Å². The fraction of sp³-hybridized carbons (Fsp3) is 0.250. The van der Waals surface area contributed by atoms with Gasteiger partial charge in [-0.3, -0.25) is 9.36 Å². The number of nitrogens with zero attached hydrogens (tertiary/aromatic N) is 3. The van der Waals surface area contributed by atoms with Crippen LogP contribution in [-0.4, -0.2) is 22.4 Å². The van der Waals surface area contributed by atoms with Crippen molar-refractivity contribution >= 4 is 22.7 Å². The standard InChI is InChI=1S/C20H19N3O2S/c1-13-8-9-18(25-3)17(10-13)23-19(24)15-6-4-5-7-16(15)22-20(23)26-12-14(2)11-21/h4-10,14H,12H2,1-3H3/t14-/m1/s1. The van der Waals surface area contributed by atoms with E-state index in [0.29, 0.717) is 33.2 Å². The highest BCUT2D eigenvalue weighted by molar-refractivity contribution is 7.99. The Morgan fingerprint density at radius 1 is 1.31 bits per heavy atom. The summed E-state index contributed by atoms with van der Waals surface area (Å²) in [5, 5.41) is 10.2. The number of aromatic nitrogens is 2. The van der Waals surface area contributed by atoms with Crippen LogP contribution in [0.2, 0.25) is 0 Å². The van der Waals surface area contributed by atoms with Gasteiger partial charge >= 0.3 is 0 Å². The van der Waals surface area contributed by atoms with E-state index in [2.05, 4.69) is 11.1 Å². The van der Waals surface area contributed by atoms with E-state index in [1.165, 1.54) is 11.8 Å². The zero-order valence-corrected chi connectivity index (χ0v) is 15.7. The maximum atomic E-state index is 13.2. The molecule has 0 unspecified atom stereocenters. The molecular formula is C20H19N3O2S. The minimum Gasteiger partial charge on any atom is -0.495 e. The summed E-state index contributed by atoms with van der Waals surface area (Å²) in [6.45, 7) is 3.82. The molecule has 0 aliphatic heterocycles. The number of thioether (sulfide) groups is 1. The van der Waals surface area contributed by atoms with Crippen molar-refractivity contribution in [2.45, 2.75) is 19.0 Å². The highest BCUT2D eigenvalue weighted by Crippen LogP contribution is 2.28. The van der Waals surface area contributed by atoms with Crippen molar-refractivity contribution in [1.29, 1.82) is 5.26 Å². The van der Waals surface area contributed by atoms with Gasteiger partial charge in [-0.25, -0.2) is 4.98 Å². The summed E-state index contributed by atoms with van der Waals surface area (Å²) < 4.78 is 7.06. The van der Waals surface area contributed by atoms with Crippen LogP contribution in [0.5, 0.6) is 5.75 Å². The molecule has 0 amide bonds. The van der Waals surface area contributed by atoms with E-state index in [-0.39, 0.29) is 11.5 Å². The summed E-state index contributed by atoms with van der Waals surface area (Å²) in [4.78, 5) is 17.9. The molecule has 1 heterocycles. The zero-order chi connectivity index (χ0) is 18.7. The second kappa shape index (κ2) is 7.63. The summed E-state index contributed by atoms with van der Waals surface area (Å²) in [5.41, 5.74) is 2.17. The molecule has 0 fully saturated rings. The lowest BCUT2D eigenvalue weighted by atomic mass is 10.2. The third-order valence-electron chi connectivity index (χ3n) is 4.00. The van der Waals surface area contributed by atoms with Crippen LogP contribution < -0.4 is 10.3 Å². The summed E-state index contributed by atoms with van der Waals surface area (Å²) in [6.07, 6.45) is 0. The maximum absolute atomic E-state index is 13.2. The molecule has 3 aromatic rings. The molecular weight excluding hydrogens is 346 g/mol. The summed E-state index contributed by atoms with van der Waals surface area (Å²) in [6, 6.07) is 15.2. The quantitative estimate of drug-likeness (QED) is 0.506. The van der Waals surface area contributed by atoms with Gasteiger partial charge in [-0.15, -0.1) is 0 Å². The first-order valence-corrected chi connectivity index (χ1v) is 9.23. The van der Waals surface area contributed by atoms with E-state index in [4.69, 9.17) is 10.00 Å². The normalized spacial score (nSPS) is 11.9. The van der Waals surface area contributed by atoms with Crippen molar-refractivity contribution < 1.29 is 4.74 Å². The highest BCUT2D eigenvalue weighted by Gasteiger charge is 2.17. The van der Waals surface area contributed by atoms with Crippen LogP contribution in [0.4, 0.5) is 0 Å². The minimum absolute atomic E-state index is 0.142. The van der Waals surface area contributed by atoms with Crippen molar-refractivity contribution in [1.82, 2.24) is 9.55 Å². The summed E-state index contributed by atoms with van der Waals surface area (Å²) in [5.74, 6) is 1.01. The van der Waals surface area contributed by atoms with Gasteiger partial charge in [-0.05, 0) is 43.7 Å². The second-order valence-electron chi connectivity index (χ2n) is 6.07. The topological polar surface area (TPSA) is 67.9 Å². The SMILES string of the molecule is COc1ccc(C)cc1-n1c(SC[C@H](C)C#N)nc2ccccc2c1=O. The number of benzene rings is 2. The Morgan fingerprint density at radius 2 is 2.08 bits per heavy atom. The molecule has 0 saturated heterocycles. The number of hydrogen-bond donors (Lipinski definition) is 0. The predicted molar refractivity (Wildman–Crippen MR) is 104 cm³/mol. The molecule has 5 nitrogen and oxygen atoms in total. The van der Waals surface area contributed by atoms with Crippen LogP contribution >= 0.6 is 11.8 Å². The third-order valence-corrected chi connectivity index (χ3v) is 5.20. The molecule has 0 aliphatic rings. The number of nitriles is 1. The van der Waals surface area contributed by atoms with E-state index in [1.807, 2.05) is 50.2 Å². The van der Waals surface area contributed by atoms with E-state index < -0.39 is 0 Å². The number of para-hydroxylation sites is 1. The van der Waals surface area contributed by atoms with E-state index >= 15 is 0 Å². The van der Waals surface area contributed by atoms with Crippen LogP contribution in [0.15, 0.2) is 52.4 Å². The van der Waals surface area contributed by atoms with Crippen molar-refractivity contribution in [3.05, 3.63) is 58.4 Å². The number of rotatable bonds is 5. The summed E-state index contributed by atoms with van der Waals surface area (Å²) >= 11 is 1.40. The lowest BCUT2D eigenvalue weighted by Crippen LogP contribution is -2.22. The summed E-state index contributed by atoms with van der Waals surface area (Å²) in [7, 11) is 1.58. The molecule has 0 radical (unpaired) electrons. The third kappa shape index (κ3) is 3.44. The fourth-order valence-electron chi connectivity index (χ4n) is 2.63. The minimum atomic E-state index is -0.147. The largest absolute Gasteiger partial charge is 0.495 e. The van der Waals surface area contributed by atoms with Gasteiger partial charge in [-0.1, -0.05) is 30.0 Å². The Hall–Kier alpha value is -2.78. The van der Waals surface area contributed by atoms with Crippen molar-refractivity contribution in [2.75, 3.05) is 12.9 Å². The molecule has 0 N–H and O–H groups in total. The Labute approximate surface area is 156 Å². The van der Waals surface area contributed by atoms with Crippen LogP contribution in [0.3, 0.4) is 0 Å². The fourth-order valence-corrected chi connectivity index (χ4v) is 3.58. The van der Waals surface area contributed by atoms with Crippen molar-refractivity contribution in [3.8, 4) is 17.5 Å². The molecule has 1 atom stereocenters. The molecule has 1 aromatic heterocycles. The van der Waals surface area contributed by atoms with Crippen LogP contribution in [-0.2, 0) is 0 Å². The molecule has 6 heteroatoms. The van der Waals surface area contributed by atoms with E-state index in [9.17, 15) is 4.79 Å². The van der Waals surface area contributed by atoms with Gasteiger partial charge in [0, 0.05) is 5.75 Å². The van der Waals surface area contributed by atoms with Crippen molar-refractivity contribution in [3.63, 3.8) is 0 Å². The molecule has 132 valence electrons. The highest BCUT2D eigenvalue weighted by atomic mass is 32.2. The van der Waals surface area contributed by atoms with Gasteiger partial charge in [0.2, 0.25) is 0 Å². The molecule has 3 rings (SSSR count). The van der Waals surface area contributed by atoms with Gasteiger partial charge in [0.05, 0.1) is 35.7 Å². The molecule has 0 aliphatic carbocycles. The molecule has 26 heavy (non-hydrogen) atoms. The molecule has 2 aromatic carbocycles. The lowest BCUT2D eigenvalue weighted by molar-refractivity contribution is 0.411. The van der Waals surface area contributed by atoms with Gasteiger partial charge in [-0.2, -0.15) is 5.26 Å². The van der Waals surface area contributed by atoms with Crippen LogP contribution in [0.25, 0.3) is 16.6 Å². The average molecular weight is 365 g/mol. The Morgan fingerprint density at radius 3 is 2.81 bits per heavy atom. The van der Waals surface area contributed by atoms with Crippen LogP contribution in [0, 0.1) is 24.2 Å². The lowest BCUT2D eigenvalue weighted by Gasteiger charge is -2.16. The second-order valence-corrected chi connectivity index (χ2v) is 7.06. The van der Waals surface area contributed by atoms with Gasteiger partial charge in [0.25, 0.3) is 5.56 Å². The molecule has 0 bridgehead atoms. The van der Waals surface area contributed by atoms with Crippen LogP contribution in [0.1, 0.15) is 12.5 Å². The van der Waals surface area contributed by atoms with Gasteiger partial charge < -0.3 is 4.74 Å². The number of aryl methyl sites for hydroxylation is 1. The molecule has 0 saturated carbocycles. The Kier molecular flexibility index (Phi) is 5.29. The first-order valence-electron chi connectivity index (χ1n) is 8.24. The first-order chi connectivity index (χ1) is 12.5. The molecule has 0 spiro atoms. The number of hydrogen-bond acceptors (Lipinski definition) is 5. The predicted octanol–water partition coefficient (Wildman–Crippen LogP) is 3.95. The number of methoxy groups -OCH3 is 1. The Bertz CT molecular complexity index is 1050. The zero-order valence-electron chi connectivity index (χ0n) is 14.9. The van der Waals surface area contributed by atoms with E-state index in [1.54, 1.807) is 17.7 Å². The Balaban J connectivity index is 2.28. The number of fused-ring (bicyclic) bond motifs is 1. The van der Waals surface area contributed by atoms with Gasteiger partial charge in [0.1, 0.15) is 5.75 Å². The smallest absolute Gasteiger partial charge is 0.266 e. The number of ether oxygens (including phenoxy) is 1. The monoisotopic (exact) mass is 365 g/mol. The average Bonchev–Trinajstić information content (AvgIpc) is 2.66. The first kappa shape index (κ1) is 18.0.